The number of nitrogens with one attached hydrogen (secondary N) is 2. The van der Waals surface area contributed by atoms with Crippen molar-refractivity contribution in [3.05, 3.63) is 63.9 Å². The van der Waals surface area contributed by atoms with Gasteiger partial charge in [-0.25, -0.2) is 4.39 Å². The van der Waals surface area contributed by atoms with Gasteiger partial charge < -0.3 is 15.4 Å². The van der Waals surface area contributed by atoms with Crippen LogP contribution in [-0.4, -0.2) is 25.7 Å². The number of ether oxygens (including phenoxy) is 1. The Labute approximate surface area is 175 Å². The Kier molecular flexibility index (Phi) is 6.61. The van der Waals surface area contributed by atoms with Crippen molar-refractivity contribution in [1.29, 1.82) is 0 Å². The van der Waals surface area contributed by atoms with Gasteiger partial charge in [-0.2, -0.15) is 0 Å². The van der Waals surface area contributed by atoms with E-state index in [0.29, 0.717) is 49.6 Å². The fourth-order valence-electron chi connectivity index (χ4n) is 4.01. The van der Waals surface area contributed by atoms with Gasteiger partial charge in [0, 0.05) is 24.8 Å². The molecule has 150 valence electrons. The zero-order valence-electron chi connectivity index (χ0n) is 15.4. The van der Waals surface area contributed by atoms with Crippen LogP contribution < -0.4 is 10.6 Å². The minimum Gasteiger partial charge on any atom is -0.381 e. The highest BCUT2D eigenvalue weighted by molar-refractivity contribution is 6.30. The van der Waals surface area contributed by atoms with E-state index in [1.165, 1.54) is 0 Å². The molecular weight excluding hydrogens is 402 g/mol. The van der Waals surface area contributed by atoms with Crippen molar-refractivity contribution in [2.45, 2.75) is 31.2 Å². The smallest absolute Gasteiger partial charge is 0.235 e. The molecule has 1 fully saturated rings. The molecule has 0 unspecified atom stereocenters. The third kappa shape index (κ3) is 3.90. The van der Waals surface area contributed by atoms with Crippen LogP contribution >= 0.6 is 24.0 Å². The van der Waals surface area contributed by atoms with E-state index in [2.05, 4.69) is 10.6 Å². The van der Waals surface area contributed by atoms with Crippen LogP contribution in [0.4, 0.5) is 10.1 Å². The van der Waals surface area contributed by atoms with E-state index in [1.54, 1.807) is 18.2 Å². The van der Waals surface area contributed by atoms with Crippen molar-refractivity contribution in [2.75, 3.05) is 25.1 Å². The zero-order chi connectivity index (χ0) is 18.9. The standard InChI is InChI=1S/C21H22ClFN2O2.ClH/c22-16-4-2-15(3-5-16)21(8-11-27-12-9-21)20(26)25-18-6-1-14-13-24-10-7-17(14)19(18)23;/h1-6,24H,7-13H2,(H,25,26);1H. The predicted octanol–water partition coefficient (Wildman–Crippen LogP) is 4.23. The molecule has 0 atom stereocenters. The van der Waals surface area contributed by atoms with E-state index >= 15 is 0 Å². The molecular formula is C21H23Cl2FN2O2. The summed E-state index contributed by atoms with van der Waals surface area (Å²) >= 11 is 6.01. The van der Waals surface area contributed by atoms with Crippen molar-refractivity contribution in [1.82, 2.24) is 5.32 Å². The number of carbonyl (C=O) groups is 1. The van der Waals surface area contributed by atoms with Crippen LogP contribution in [0.5, 0.6) is 0 Å². The fraction of sp³-hybridized carbons (Fsp3) is 0.381. The summed E-state index contributed by atoms with van der Waals surface area (Å²) in [5.74, 6) is -0.512. The van der Waals surface area contributed by atoms with Gasteiger partial charge in [0.2, 0.25) is 5.91 Å². The maximum atomic E-state index is 15.0. The molecule has 0 saturated carbocycles. The first-order valence-electron chi connectivity index (χ1n) is 9.26. The number of fused-ring (bicyclic) bond motifs is 1. The number of carbonyl (C=O) groups excluding carboxylic acids is 1. The van der Waals surface area contributed by atoms with Crippen LogP contribution in [0.1, 0.15) is 29.5 Å². The van der Waals surface area contributed by atoms with Gasteiger partial charge in [-0.1, -0.05) is 29.8 Å². The van der Waals surface area contributed by atoms with Crippen molar-refractivity contribution >= 4 is 35.6 Å². The van der Waals surface area contributed by atoms with Gasteiger partial charge in [-0.05, 0) is 60.7 Å². The Bertz CT molecular complexity index is 852. The summed E-state index contributed by atoms with van der Waals surface area (Å²) in [6.07, 6.45) is 1.73. The van der Waals surface area contributed by atoms with Crippen LogP contribution in [-0.2, 0) is 27.9 Å². The number of halogens is 3. The third-order valence-electron chi connectivity index (χ3n) is 5.63. The number of anilines is 1. The first-order valence-corrected chi connectivity index (χ1v) is 9.64. The highest BCUT2D eigenvalue weighted by atomic mass is 35.5. The number of rotatable bonds is 3. The summed E-state index contributed by atoms with van der Waals surface area (Å²) in [5.41, 5.74) is 2.04. The lowest BCUT2D eigenvalue weighted by Gasteiger charge is -2.36. The van der Waals surface area contributed by atoms with E-state index in [1.807, 2.05) is 18.2 Å². The van der Waals surface area contributed by atoms with Crippen LogP contribution in [0.15, 0.2) is 36.4 Å². The molecule has 1 amide bonds. The lowest BCUT2D eigenvalue weighted by molar-refractivity contribution is -0.125. The summed E-state index contributed by atoms with van der Waals surface area (Å²) < 4.78 is 20.5. The quantitative estimate of drug-likeness (QED) is 0.774. The van der Waals surface area contributed by atoms with Crippen LogP contribution in [0.25, 0.3) is 0 Å². The van der Waals surface area contributed by atoms with E-state index < -0.39 is 5.41 Å². The van der Waals surface area contributed by atoms with E-state index in [4.69, 9.17) is 16.3 Å². The summed E-state index contributed by atoms with van der Waals surface area (Å²) in [7, 11) is 0. The molecule has 0 aliphatic carbocycles. The second-order valence-electron chi connectivity index (χ2n) is 7.15. The molecule has 4 rings (SSSR count). The molecule has 2 heterocycles. The molecule has 2 aromatic carbocycles. The van der Waals surface area contributed by atoms with Gasteiger partial charge in [0.1, 0.15) is 5.82 Å². The number of hydrogen-bond donors (Lipinski definition) is 2. The van der Waals surface area contributed by atoms with Gasteiger partial charge in [0.05, 0.1) is 11.1 Å². The van der Waals surface area contributed by atoms with Gasteiger partial charge in [0.15, 0.2) is 0 Å². The summed E-state index contributed by atoms with van der Waals surface area (Å²) in [4.78, 5) is 13.3. The van der Waals surface area contributed by atoms with E-state index in [0.717, 1.165) is 17.7 Å². The number of amides is 1. The monoisotopic (exact) mass is 424 g/mol. The molecule has 0 spiro atoms. The SMILES string of the molecule is Cl.O=C(Nc1ccc2c(c1F)CCNC2)C1(c2ccc(Cl)cc2)CCOCC1. The van der Waals surface area contributed by atoms with Crippen molar-refractivity contribution in [3.8, 4) is 0 Å². The molecule has 1 saturated heterocycles. The number of hydrogen-bond acceptors (Lipinski definition) is 3. The topological polar surface area (TPSA) is 50.4 Å². The third-order valence-corrected chi connectivity index (χ3v) is 5.89. The second-order valence-corrected chi connectivity index (χ2v) is 7.58. The Morgan fingerprint density at radius 1 is 1.14 bits per heavy atom. The molecule has 28 heavy (non-hydrogen) atoms. The average molecular weight is 425 g/mol. The molecule has 2 aromatic rings. The Morgan fingerprint density at radius 2 is 1.86 bits per heavy atom. The maximum absolute atomic E-state index is 15.0. The molecule has 2 N–H and O–H groups in total. The average Bonchev–Trinajstić information content (AvgIpc) is 2.71. The minimum absolute atomic E-state index is 0. The van der Waals surface area contributed by atoms with Gasteiger partial charge in [0.25, 0.3) is 0 Å². The molecule has 0 aromatic heterocycles. The van der Waals surface area contributed by atoms with Crippen molar-refractivity contribution in [2.24, 2.45) is 0 Å². The summed E-state index contributed by atoms with van der Waals surface area (Å²) in [6, 6.07) is 10.9. The second kappa shape index (κ2) is 8.78. The Balaban J connectivity index is 0.00000225. The number of benzene rings is 2. The van der Waals surface area contributed by atoms with E-state index in [-0.39, 0.29) is 29.8 Å². The zero-order valence-corrected chi connectivity index (χ0v) is 17.0. The van der Waals surface area contributed by atoms with E-state index in [9.17, 15) is 9.18 Å². The fourth-order valence-corrected chi connectivity index (χ4v) is 4.13. The van der Waals surface area contributed by atoms with Gasteiger partial charge in [-0.3, -0.25) is 4.79 Å². The first-order chi connectivity index (χ1) is 13.1. The molecule has 2 aliphatic heterocycles. The molecule has 7 heteroatoms. The summed E-state index contributed by atoms with van der Waals surface area (Å²) in [5, 5.41) is 6.72. The normalized spacial score (nSPS) is 17.9. The Morgan fingerprint density at radius 3 is 2.57 bits per heavy atom. The largest absolute Gasteiger partial charge is 0.381 e. The highest BCUT2D eigenvalue weighted by Crippen LogP contribution is 2.37. The first kappa shape index (κ1) is 21.1. The van der Waals surface area contributed by atoms with Crippen molar-refractivity contribution < 1.29 is 13.9 Å². The minimum atomic E-state index is -0.743. The predicted molar refractivity (Wildman–Crippen MR) is 111 cm³/mol. The lowest BCUT2D eigenvalue weighted by Crippen LogP contribution is -2.45. The molecule has 0 radical (unpaired) electrons. The summed E-state index contributed by atoms with van der Waals surface area (Å²) in [6.45, 7) is 2.39. The van der Waals surface area contributed by atoms with Crippen molar-refractivity contribution in [3.63, 3.8) is 0 Å². The highest BCUT2D eigenvalue weighted by Gasteiger charge is 2.42. The maximum Gasteiger partial charge on any atom is 0.235 e. The van der Waals surface area contributed by atoms with Crippen LogP contribution in [0.3, 0.4) is 0 Å². The van der Waals surface area contributed by atoms with Crippen LogP contribution in [0, 0.1) is 5.82 Å². The molecule has 2 aliphatic rings. The van der Waals surface area contributed by atoms with Gasteiger partial charge >= 0.3 is 0 Å². The van der Waals surface area contributed by atoms with Crippen LogP contribution in [0.2, 0.25) is 5.02 Å². The lowest BCUT2D eigenvalue weighted by atomic mass is 9.73. The molecule has 4 nitrogen and oxygen atoms in total. The Hall–Kier alpha value is -1.66. The van der Waals surface area contributed by atoms with Gasteiger partial charge in [-0.15, -0.1) is 12.4 Å². The molecule has 0 bridgehead atoms.